The molecule has 0 saturated heterocycles. The van der Waals surface area contributed by atoms with E-state index in [0.717, 1.165) is 0 Å². The van der Waals surface area contributed by atoms with Gasteiger partial charge in [0.1, 0.15) is 0 Å². The van der Waals surface area contributed by atoms with Crippen LogP contribution in [0.15, 0.2) is 70.9 Å². The van der Waals surface area contributed by atoms with Crippen molar-refractivity contribution >= 4 is 11.6 Å². The van der Waals surface area contributed by atoms with Gasteiger partial charge < -0.3 is 0 Å². The van der Waals surface area contributed by atoms with Crippen LogP contribution in [-0.2, 0) is 26.1 Å². The van der Waals surface area contributed by atoms with Gasteiger partial charge in [0.15, 0.2) is 11.6 Å². The van der Waals surface area contributed by atoms with E-state index in [1.165, 1.54) is 0 Å². The number of allylic oxidation sites excluding steroid dienone is 12. The van der Waals surface area contributed by atoms with Crippen molar-refractivity contribution in [2.45, 2.75) is 27.7 Å². The van der Waals surface area contributed by atoms with E-state index in [2.05, 4.69) is 0 Å². The summed E-state index contributed by atoms with van der Waals surface area (Å²) in [6.07, 6.45) is 16.0. The maximum atomic E-state index is 11.4. The predicted molar refractivity (Wildman–Crippen MR) is 83.3 cm³/mol. The molecule has 0 fully saturated rings. The summed E-state index contributed by atoms with van der Waals surface area (Å²) in [6, 6.07) is 0. The first-order valence-electron chi connectivity index (χ1n) is 6.57. The smallest absolute Gasteiger partial charge is 0.185 e. The third-order valence-electron chi connectivity index (χ3n) is 3.38. The Morgan fingerprint density at radius 2 is 0.619 bits per heavy atom. The van der Waals surface area contributed by atoms with Crippen LogP contribution in [0.2, 0.25) is 0 Å². The number of carbonyl (C=O) groups excluding carboxylic acids is 2. The first kappa shape index (κ1) is 19.3. The number of hydrogen-bond donors (Lipinski definition) is 0. The molecule has 0 unspecified atom stereocenters. The number of hydrogen-bond acceptors (Lipinski definition) is 2. The van der Waals surface area contributed by atoms with Crippen LogP contribution in [0, 0.1) is 0 Å². The molecule has 2 rings (SSSR count). The molecule has 0 amide bonds. The first-order valence-corrected chi connectivity index (χ1v) is 6.57. The molecule has 0 saturated carbocycles. The molecule has 0 bridgehead atoms. The molecule has 0 aromatic heterocycles. The first-order chi connectivity index (χ1) is 9.46. The van der Waals surface area contributed by atoms with Crippen molar-refractivity contribution in [2.75, 3.05) is 0 Å². The van der Waals surface area contributed by atoms with E-state index in [0.29, 0.717) is 22.3 Å². The van der Waals surface area contributed by atoms with E-state index >= 15 is 0 Å². The Bertz CT molecular complexity index is 479. The summed E-state index contributed by atoms with van der Waals surface area (Å²) in [4.78, 5) is 22.8. The van der Waals surface area contributed by atoms with Crippen molar-refractivity contribution in [1.29, 1.82) is 0 Å². The van der Waals surface area contributed by atoms with E-state index in [1.54, 1.807) is 27.7 Å². The molecule has 114 valence electrons. The quantitative estimate of drug-likeness (QED) is 0.497. The molecule has 2 nitrogen and oxygen atoms in total. The Morgan fingerprint density at radius 1 is 0.476 bits per heavy atom. The predicted octanol–water partition coefficient (Wildman–Crippen LogP) is 4.03. The zero-order valence-electron chi connectivity index (χ0n) is 12.8. The van der Waals surface area contributed by atoms with Gasteiger partial charge in [0.25, 0.3) is 0 Å². The van der Waals surface area contributed by atoms with E-state index in [-0.39, 0.29) is 28.1 Å². The average Bonchev–Trinajstić information content (AvgIpc) is 2.41. The minimum absolute atomic E-state index is 0. The fraction of sp³-hybridized carbons (Fsp3) is 0.222. The standard InChI is InChI=1S/C10H12O2.C8H8.Ni/c1-5-6(2)10(12)8(4)7(3)9(5)11;1-2-4-6-8-7-5-3-1;/h1-4H3;1-8H;/b;2-1-,3-1?,4-2?,5-3-,6-4?,7-5?,8-6?,8-7?;. The molecule has 2 aliphatic carbocycles. The summed E-state index contributed by atoms with van der Waals surface area (Å²) in [6.45, 7) is 6.80. The molecule has 0 N–H and O–H groups in total. The molecule has 0 aromatic rings. The van der Waals surface area contributed by atoms with Crippen molar-refractivity contribution in [1.82, 2.24) is 0 Å². The van der Waals surface area contributed by atoms with E-state index < -0.39 is 0 Å². The van der Waals surface area contributed by atoms with Crippen molar-refractivity contribution in [3.05, 3.63) is 70.9 Å². The van der Waals surface area contributed by atoms with Crippen LogP contribution in [0.25, 0.3) is 0 Å². The van der Waals surface area contributed by atoms with Crippen LogP contribution < -0.4 is 0 Å². The second kappa shape index (κ2) is 9.25. The van der Waals surface area contributed by atoms with Gasteiger partial charge in [0, 0.05) is 38.8 Å². The van der Waals surface area contributed by atoms with E-state index in [1.807, 2.05) is 48.6 Å². The average molecular weight is 327 g/mol. The van der Waals surface area contributed by atoms with Crippen LogP contribution in [0.1, 0.15) is 27.7 Å². The van der Waals surface area contributed by atoms with Gasteiger partial charge in [-0.1, -0.05) is 48.6 Å². The minimum Gasteiger partial charge on any atom is -0.289 e. The van der Waals surface area contributed by atoms with Gasteiger partial charge in [-0.3, -0.25) is 9.59 Å². The second-order valence-corrected chi connectivity index (χ2v) is 4.70. The summed E-state index contributed by atoms with van der Waals surface area (Å²) in [5, 5.41) is 0. The van der Waals surface area contributed by atoms with Crippen molar-refractivity contribution in [3.8, 4) is 0 Å². The van der Waals surface area contributed by atoms with Crippen molar-refractivity contribution in [3.63, 3.8) is 0 Å². The Balaban J connectivity index is 0.000000390. The SMILES string of the molecule is C1=C/C=C\C=C/C=C1.CC1=C(C)C(=O)C(C)=C(C)C1=O.[Ni]. The molecular formula is C18H20NiO2. The molecule has 3 heteroatoms. The van der Waals surface area contributed by atoms with Gasteiger partial charge in [-0.25, -0.2) is 0 Å². The Morgan fingerprint density at radius 3 is 0.762 bits per heavy atom. The summed E-state index contributed by atoms with van der Waals surface area (Å²) >= 11 is 0. The Labute approximate surface area is 136 Å². The van der Waals surface area contributed by atoms with Gasteiger partial charge in [-0.05, 0) is 27.7 Å². The zero-order chi connectivity index (χ0) is 15.1. The molecule has 0 atom stereocenters. The van der Waals surface area contributed by atoms with Crippen LogP contribution in [0.3, 0.4) is 0 Å². The molecule has 0 spiro atoms. The monoisotopic (exact) mass is 326 g/mol. The molecule has 0 aromatic carbocycles. The molecule has 0 radical (unpaired) electrons. The number of carbonyl (C=O) groups is 2. The van der Waals surface area contributed by atoms with Crippen LogP contribution in [0.4, 0.5) is 0 Å². The molecular weight excluding hydrogens is 307 g/mol. The van der Waals surface area contributed by atoms with E-state index in [4.69, 9.17) is 0 Å². The molecule has 0 heterocycles. The summed E-state index contributed by atoms with van der Waals surface area (Å²) in [7, 11) is 0. The van der Waals surface area contributed by atoms with Gasteiger partial charge in [-0.15, -0.1) is 0 Å². The summed E-state index contributed by atoms with van der Waals surface area (Å²) in [5.41, 5.74) is 2.34. The van der Waals surface area contributed by atoms with Crippen molar-refractivity contribution in [2.24, 2.45) is 0 Å². The van der Waals surface area contributed by atoms with Crippen LogP contribution in [-0.4, -0.2) is 11.6 Å². The zero-order valence-corrected chi connectivity index (χ0v) is 13.7. The third kappa shape index (κ3) is 5.28. The Hall–Kier alpha value is -1.73. The normalized spacial score (nSPS) is 20.2. The van der Waals surface area contributed by atoms with Crippen molar-refractivity contribution < 1.29 is 26.1 Å². The summed E-state index contributed by atoms with van der Waals surface area (Å²) < 4.78 is 0. The minimum atomic E-state index is 0. The van der Waals surface area contributed by atoms with Gasteiger partial charge in [-0.2, -0.15) is 0 Å². The fourth-order valence-electron chi connectivity index (χ4n) is 1.76. The second-order valence-electron chi connectivity index (χ2n) is 4.70. The Kier molecular flexibility index (Phi) is 8.49. The molecule has 0 aliphatic heterocycles. The van der Waals surface area contributed by atoms with Gasteiger partial charge in [0.05, 0.1) is 0 Å². The maximum absolute atomic E-state index is 11.4. The number of Topliss-reactive ketones (excluding diaryl/α,β-unsaturated/α-hetero) is 2. The van der Waals surface area contributed by atoms with Crippen LogP contribution >= 0.6 is 0 Å². The summed E-state index contributed by atoms with van der Waals surface area (Å²) in [5.74, 6) is 0.00852. The maximum Gasteiger partial charge on any atom is 0.185 e. The van der Waals surface area contributed by atoms with Gasteiger partial charge >= 0.3 is 0 Å². The van der Waals surface area contributed by atoms with E-state index in [9.17, 15) is 9.59 Å². The largest absolute Gasteiger partial charge is 0.289 e. The number of ketones is 2. The molecule has 21 heavy (non-hydrogen) atoms. The van der Waals surface area contributed by atoms with Crippen LogP contribution in [0.5, 0.6) is 0 Å². The third-order valence-corrected chi connectivity index (χ3v) is 3.38. The topological polar surface area (TPSA) is 34.1 Å². The van der Waals surface area contributed by atoms with Gasteiger partial charge in [0.2, 0.25) is 0 Å². The fourth-order valence-corrected chi connectivity index (χ4v) is 1.76. The number of rotatable bonds is 0. The molecule has 2 aliphatic rings.